The first-order valence-corrected chi connectivity index (χ1v) is 5.30. The third kappa shape index (κ3) is 2.29. The van der Waals surface area contributed by atoms with Crippen LogP contribution in [0.5, 0.6) is 0 Å². The van der Waals surface area contributed by atoms with Crippen LogP contribution in [0, 0.1) is 0 Å². The number of carbonyl (C=O) groups is 1. The van der Waals surface area contributed by atoms with E-state index in [0.717, 1.165) is 10.5 Å². The Morgan fingerprint density at radius 3 is 2.65 bits per heavy atom. The molecule has 1 aromatic carbocycles. The first-order chi connectivity index (χ1) is 8.04. The molecule has 1 amide bonds. The van der Waals surface area contributed by atoms with Gasteiger partial charge in [0, 0.05) is 13.7 Å². The Hall–Kier alpha value is -1.49. The van der Waals surface area contributed by atoms with Crippen molar-refractivity contribution in [2.24, 2.45) is 0 Å². The normalized spacial score (nSPS) is 23.1. The van der Waals surface area contributed by atoms with Crippen molar-refractivity contribution in [2.45, 2.75) is 25.1 Å². The lowest BCUT2D eigenvalue weighted by Crippen LogP contribution is -2.36. The van der Waals surface area contributed by atoms with E-state index >= 15 is 0 Å². The van der Waals surface area contributed by atoms with Crippen LogP contribution in [0.1, 0.15) is 12.0 Å². The van der Waals surface area contributed by atoms with Gasteiger partial charge in [-0.3, -0.25) is 4.79 Å². The number of rotatable bonds is 3. The van der Waals surface area contributed by atoms with Crippen molar-refractivity contribution in [2.75, 3.05) is 7.11 Å². The minimum atomic E-state index is -3.31. The summed E-state index contributed by atoms with van der Waals surface area (Å²) in [6.07, 6.45) is -1.42. The maximum atomic E-state index is 13.3. The summed E-state index contributed by atoms with van der Waals surface area (Å²) in [4.78, 5) is 12.6. The zero-order valence-electron chi connectivity index (χ0n) is 9.40. The monoisotopic (exact) mass is 241 g/mol. The molecule has 17 heavy (non-hydrogen) atoms. The van der Waals surface area contributed by atoms with Crippen LogP contribution < -0.4 is 0 Å². The first kappa shape index (κ1) is 12.0. The fourth-order valence-electron chi connectivity index (χ4n) is 1.92. The SMILES string of the molecule is COC1CC(F)(F)C(=O)N1Cc1ccccc1. The summed E-state index contributed by atoms with van der Waals surface area (Å²) in [6.45, 7) is 0.147. The molecule has 1 unspecified atom stereocenters. The standard InChI is InChI=1S/C12H13F2NO2/c1-17-10-7-12(13,14)11(16)15(10)8-9-5-3-2-4-6-9/h2-6,10H,7-8H2,1H3. The van der Waals surface area contributed by atoms with E-state index < -0.39 is 24.5 Å². The number of hydrogen-bond donors (Lipinski definition) is 0. The summed E-state index contributed by atoms with van der Waals surface area (Å²) in [5.74, 6) is -4.47. The van der Waals surface area contributed by atoms with Gasteiger partial charge in [-0.25, -0.2) is 0 Å². The molecule has 0 spiro atoms. The second-order valence-corrected chi connectivity index (χ2v) is 4.02. The fourth-order valence-corrected chi connectivity index (χ4v) is 1.92. The lowest BCUT2D eigenvalue weighted by molar-refractivity contribution is -0.150. The van der Waals surface area contributed by atoms with Crippen molar-refractivity contribution in [1.82, 2.24) is 4.90 Å². The number of ether oxygens (including phenoxy) is 1. The van der Waals surface area contributed by atoms with Crippen molar-refractivity contribution in [3.8, 4) is 0 Å². The van der Waals surface area contributed by atoms with Crippen molar-refractivity contribution >= 4 is 5.91 Å². The number of likely N-dealkylation sites (tertiary alicyclic amines) is 1. The average Bonchev–Trinajstić information content (AvgIpc) is 2.54. The number of nitrogens with zero attached hydrogens (tertiary/aromatic N) is 1. The highest BCUT2D eigenvalue weighted by Crippen LogP contribution is 2.34. The average molecular weight is 241 g/mol. The molecule has 1 aliphatic heterocycles. The highest BCUT2D eigenvalue weighted by atomic mass is 19.3. The van der Waals surface area contributed by atoms with Crippen molar-refractivity contribution in [1.29, 1.82) is 0 Å². The second kappa shape index (κ2) is 4.41. The fraction of sp³-hybridized carbons (Fsp3) is 0.417. The van der Waals surface area contributed by atoms with Crippen LogP contribution in [0.3, 0.4) is 0 Å². The molecule has 0 aliphatic carbocycles. The number of alkyl halides is 2. The molecule has 92 valence electrons. The molecule has 0 bridgehead atoms. The smallest absolute Gasteiger partial charge is 0.329 e. The lowest BCUT2D eigenvalue weighted by Gasteiger charge is -2.22. The number of benzene rings is 1. The minimum absolute atomic E-state index is 0.147. The van der Waals surface area contributed by atoms with Gasteiger partial charge >= 0.3 is 5.92 Å². The zero-order chi connectivity index (χ0) is 12.5. The van der Waals surface area contributed by atoms with E-state index in [9.17, 15) is 13.6 Å². The largest absolute Gasteiger partial charge is 0.361 e. The number of hydrogen-bond acceptors (Lipinski definition) is 2. The van der Waals surface area contributed by atoms with Crippen LogP contribution in [0.25, 0.3) is 0 Å². The summed E-state index contributed by atoms with van der Waals surface area (Å²) in [7, 11) is 1.33. The van der Waals surface area contributed by atoms with E-state index in [1.807, 2.05) is 6.07 Å². The molecular weight excluding hydrogens is 228 g/mol. The summed E-state index contributed by atoms with van der Waals surface area (Å²) in [6, 6.07) is 9.01. The van der Waals surface area contributed by atoms with E-state index in [1.165, 1.54) is 7.11 Å². The molecule has 1 atom stereocenters. The molecule has 0 radical (unpaired) electrons. The second-order valence-electron chi connectivity index (χ2n) is 4.02. The van der Waals surface area contributed by atoms with Crippen LogP contribution in [0.15, 0.2) is 30.3 Å². The summed E-state index contributed by atoms with van der Waals surface area (Å²) < 4.78 is 31.4. The number of halogens is 2. The number of methoxy groups -OCH3 is 1. The zero-order valence-corrected chi connectivity index (χ0v) is 9.40. The van der Waals surface area contributed by atoms with Gasteiger partial charge < -0.3 is 9.64 Å². The van der Waals surface area contributed by atoms with E-state index in [-0.39, 0.29) is 6.54 Å². The van der Waals surface area contributed by atoms with E-state index in [1.54, 1.807) is 24.3 Å². The molecule has 2 rings (SSSR count). The van der Waals surface area contributed by atoms with Crippen LogP contribution in [0.4, 0.5) is 8.78 Å². The Bertz CT molecular complexity index is 408. The van der Waals surface area contributed by atoms with Crippen molar-refractivity contribution in [3.05, 3.63) is 35.9 Å². The van der Waals surface area contributed by atoms with Gasteiger partial charge in [0.2, 0.25) is 0 Å². The summed E-state index contributed by atoms with van der Waals surface area (Å²) >= 11 is 0. The van der Waals surface area contributed by atoms with E-state index in [2.05, 4.69) is 0 Å². The third-order valence-electron chi connectivity index (χ3n) is 2.82. The van der Waals surface area contributed by atoms with Gasteiger partial charge in [-0.05, 0) is 5.56 Å². The molecule has 0 saturated carbocycles. The predicted octanol–water partition coefficient (Wildman–Crippen LogP) is 2.03. The van der Waals surface area contributed by atoms with Crippen molar-refractivity contribution in [3.63, 3.8) is 0 Å². The van der Waals surface area contributed by atoms with Gasteiger partial charge in [0.1, 0.15) is 6.23 Å². The lowest BCUT2D eigenvalue weighted by atomic mass is 10.2. The number of amides is 1. The van der Waals surface area contributed by atoms with Crippen LogP contribution in [0.2, 0.25) is 0 Å². The van der Waals surface area contributed by atoms with E-state index in [0.29, 0.717) is 0 Å². The topological polar surface area (TPSA) is 29.5 Å². The van der Waals surface area contributed by atoms with Gasteiger partial charge in [-0.1, -0.05) is 30.3 Å². The van der Waals surface area contributed by atoms with Gasteiger partial charge in [0.15, 0.2) is 0 Å². The highest BCUT2D eigenvalue weighted by molar-refractivity contribution is 5.85. The Morgan fingerprint density at radius 1 is 1.41 bits per heavy atom. The Labute approximate surface area is 98.0 Å². The minimum Gasteiger partial charge on any atom is -0.361 e. The molecule has 1 saturated heterocycles. The van der Waals surface area contributed by atoms with E-state index in [4.69, 9.17) is 4.74 Å². The number of carbonyl (C=O) groups excluding carboxylic acids is 1. The first-order valence-electron chi connectivity index (χ1n) is 5.30. The maximum absolute atomic E-state index is 13.3. The molecule has 1 heterocycles. The third-order valence-corrected chi connectivity index (χ3v) is 2.82. The molecular formula is C12H13F2NO2. The predicted molar refractivity (Wildman–Crippen MR) is 57.4 cm³/mol. The van der Waals surface area contributed by atoms with Crippen LogP contribution in [-0.2, 0) is 16.1 Å². The highest BCUT2D eigenvalue weighted by Gasteiger charge is 2.53. The summed E-state index contributed by atoms with van der Waals surface area (Å²) in [5.41, 5.74) is 0.806. The van der Waals surface area contributed by atoms with Gasteiger partial charge in [0.25, 0.3) is 5.91 Å². The van der Waals surface area contributed by atoms with Gasteiger partial charge in [-0.15, -0.1) is 0 Å². The Kier molecular flexibility index (Phi) is 3.11. The molecule has 0 aromatic heterocycles. The summed E-state index contributed by atoms with van der Waals surface area (Å²) in [5, 5.41) is 0. The Balaban J connectivity index is 2.17. The molecule has 0 N–H and O–H groups in total. The Morgan fingerprint density at radius 2 is 2.06 bits per heavy atom. The maximum Gasteiger partial charge on any atom is 0.329 e. The molecule has 1 aliphatic rings. The van der Waals surface area contributed by atoms with Crippen molar-refractivity contribution < 1.29 is 18.3 Å². The molecule has 1 aromatic rings. The molecule has 1 fully saturated rings. The van der Waals surface area contributed by atoms with Gasteiger partial charge in [-0.2, -0.15) is 8.78 Å². The van der Waals surface area contributed by atoms with Gasteiger partial charge in [0.05, 0.1) is 6.42 Å². The molecule has 3 nitrogen and oxygen atoms in total. The van der Waals surface area contributed by atoms with Crippen LogP contribution >= 0.6 is 0 Å². The quantitative estimate of drug-likeness (QED) is 0.810. The van der Waals surface area contributed by atoms with Crippen LogP contribution in [-0.4, -0.2) is 30.1 Å². The molecule has 5 heteroatoms.